The molecule has 610 valence electrons. The summed E-state index contributed by atoms with van der Waals surface area (Å²) in [4.78, 5) is 116. The second-order valence-electron chi connectivity index (χ2n) is 35.8. The first-order valence-electron chi connectivity index (χ1n) is 44.8. The van der Waals surface area contributed by atoms with Crippen molar-refractivity contribution in [2.24, 2.45) is 23.7 Å². The largest absolute Gasteiger partial charge is 0 e. The zero-order valence-corrected chi connectivity index (χ0v) is 83.7. The molecule has 15 rings (SSSR count). The molecule has 5 aliphatic rings. The number of rotatable bonds is 33. The Morgan fingerprint density at radius 2 is 0.525 bits per heavy atom. The summed E-state index contributed by atoms with van der Waals surface area (Å²) in [6.45, 7) is 36.1. The van der Waals surface area contributed by atoms with E-state index in [1.807, 2.05) is 104 Å². The van der Waals surface area contributed by atoms with Gasteiger partial charge in [-0.2, -0.15) is 0 Å². The van der Waals surface area contributed by atoms with Gasteiger partial charge in [0.05, 0.1) is 0 Å². The summed E-state index contributed by atoms with van der Waals surface area (Å²) in [7, 11) is 19.9. The van der Waals surface area contributed by atoms with Crippen LogP contribution in [-0.2, 0) is 0 Å². The Hall–Kier alpha value is -5.37. The van der Waals surface area contributed by atoms with Crippen LogP contribution >= 0.6 is 15.9 Å². The zero-order valence-electron chi connectivity index (χ0n) is 73.5. The topological polar surface area (TPSA) is 150 Å². The molecule has 5 aliphatic heterocycles. The fourth-order valence-electron chi connectivity index (χ4n) is 18.9. The first-order chi connectivity index (χ1) is 56.5. The predicted molar refractivity (Wildman–Crippen MR) is 513 cm³/mol. The van der Waals surface area contributed by atoms with Gasteiger partial charge in [0, 0.05) is 105 Å². The third-order valence-electron chi connectivity index (χ3n) is 24.7. The van der Waals surface area contributed by atoms with Crippen LogP contribution in [0.3, 0.4) is 0 Å². The Bertz CT molecular complexity index is 5190. The predicted octanol–water partition coefficient (Wildman–Crippen LogP) is 22.2. The van der Waals surface area contributed by atoms with Gasteiger partial charge in [0.15, 0.2) is 0 Å². The summed E-state index contributed by atoms with van der Waals surface area (Å²) in [5.41, 5.74) is 4.57. The number of hydrogen-bond acceptors (Lipinski definition) is 8. The number of amides is 8. The summed E-state index contributed by atoms with van der Waals surface area (Å²) in [5.74, 6) is -1.33. The molecule has 0 bridgehead atoms. The van der Waals surface area contributed by atoms with Crippen molar-refractivity contribution in [2.75, 3.05) is 26.2 Å². The minimum atomic E-state index is -3.60. The minimum absolute atomic E-state index is 0.143. The molecule has 10 aromatic rings. The number of carbonyl (C=O) groups is 8. The number of unbranched alkanes of at least 4 members (excludes halogenated alkanes) is 8. The Morgan fingerprint density at radius 3 is 0.780 bits per heavy atom. The SMILES string of the molecule is CC(C)CN1C(=O)c2ccc3c4ccc5c6c(cc(Br)c(c7ccc(c2c37)C1=O)c64)C(=O)N(CC(C)C)C5=O.CCC[CH2][Sn]([CH2]CCC)[CH2]CCC.CCC[CH2][Sn]([CH2]CCC)[CH2]CCC.CCC[CH2][Sn]1([CH2]CCC)[c]2cc3c4c(ccc5c6ccc7c8c(c[c]1c(c2c45)c86)C(=O)N(CC(C)C)C7=O)C(=O)N(CC(C)C)C3=O.[B]B([B])B([B])[B]. The number of hydrogen-bond donors (Lipinski definition) is 0. The van der Waals surface area contributed by atoms with Crippen molar-refractivity contribution in [1.82, 2.24) is 19.6 Å². The molecule has 0 aromatic heterocycles. The van der Waals surface area contributed by atoms with Crippen LogP contribution in [0.5, 0.6) is 0 Å². The monoisotopic (exact) mass is 1960 g/mol. The van der Waals surface area contributed by atoms with Crippen molar-refractivity contribution in [3.8, 4) is 0 Å². The van der Waals surface area contributed by atoms with E-state index in [0.29, 0.717) is 81.5 Å². The van der Waals surface area contributed by atoms with E-state index < -0.39 is 70.7 Å². The van der Waals surface area contributed by atoms with E-state index in [0.717, 1.165) is 104 Å². The molecule has 10 aromatic carbocycles. The number of benzene rings is 10. The second kappa shape index (κ2) is 41.0. The number of nitrogens with zero attached hydrogens (tertiary/aromatic N) is 4. The van der Waals surface area contributed by atoms with Crippen molar-refractivity contribution in [1.29, 1.82) is 0 Å². The average molecular weight is 1960 g/mol. The maximum Gasteiger partial charge on any atom is 0 e. The van der Waals surface area contributed by atoms with Crippen LogP contribution in [0.25, 0.3) is 86.2 Å². The smallest absolute Gasteiger partial charge is 0 e. The zero-order chi connectivity index (χ0) is 85.6. The number of fused-ring (bicyclic) bond motifs is 3. The Labute approximate surface area is 735 Å². The first-order valence-corrected chi connectivity index (χ1v) is 64.6. The van der Waals surface area contributed by atoms with E-state index in [4.69, 9.17) is 30.9 Å². The summed E-state index contributed by atoms with van der Waals surface area (Å²) in [6, 6.07) is 25.4. The molecule has 10 radical (unpaired) electrons. The van der Waals surface area contributed by atoms with Crippen molar-refractivity contribution >= 4 is 258 Å². The summed E-state index contributed by atoms with van der Waals surface area (Å²) < 4.78 is 15.7. The third kappa shape index (κ3) is 18.3. The molecule has 0 aliphatic carbocycles. The molecule has 0 unspecified atom stereocenters. The van der Waals surface area contributed by atoms with Gasteiger partial charge in [0.2, 0.25) is 0 Å². The number of imide groups is 4. The van der Waals surface area contributed by atoms with E-state index in [1.54, 1.807) is 32.7 Å². The standard InChI is InChI=1S/C32H25BrN2O4.C32H24N2O4.8C4H9.B6.3Sn/c1-14(2)12-34-29(36)19-8-5-16-17-6-9-21-26-22(32(39)35(31(21)38)13-15(3)4)11-23(33)27(28(17)26)18-7-10-20(30(34)37)25(19)24(16)18;1-15(2)13-33-29(35)21-9-5-17-19-7-11-23-28-24(32(38)34(31(23)37)14-16(3)4)12-8-20(26(19)28)18-6-10-22(30(33)36)27(21)25(17)18;8*1-3-4-2;1-5(2)6(3)4;;;/h5-11,14-15H,12-13H2,1-4H3;5,7,9-12,15-16H,13-14H2,1-4H3;8*1,3-4H2,2H3;;;;. The van der Waals surface area contributed by atoms with E-state index in [1.165, 1.54) is 115 Å². The van der Waals surface area contributed by atoms with Gasteiger partial charge in [-0.1, -0.05) is 61.8 Å². The third-order valence-corrected chi connectivity index (χ3v) is 58.6. The average Bonchev–Trinajstić information content (AvgIpc) is 1.45. The van der Waals surface area contributed by atoms with Crippen molar-refractivity contribution < 1.29 is 38.4 Å². The van der Waals surface area contributed by atoms with Gasteiger partial charge < -0.3 is 0 Å². The summed E-state index contributed by atoms with van der Waals surface area (Å²) in [5, 5.41) is 14.5. The molecular weight excluding hydrogens is 1840 g/mol. The Kier molecular flexibility index (Phi) is 32.4. The van der Waals surface area contributed by atoms with Crippen LogP contribution in [0.15, 0.2) is 83.3 Å². The molecule has 0 saturated carbocycles. The maximum atomic E-state index is 14.4. The molecule has 8 amide bonds. The van der Waals surface area contributed by atoms with Gasteiger partial charge in [-0.05, 0) is 57.6 Å². The van der Waals surface area contributed by atoms with Crippen molar-refractivity contribution in [3.63, 3.8) is 0 Å². The van der Waals surface area contributed by atoms with Gasteiger partial charge in [0.1, 0.15) is 0 Å². The fraction of sp³-hybridized carbons (Fsp3) is 0.500. The van der Waals surface area contributed by atoms with Crippen LogP contribution < -0.4 is 7.16 Å². The quantitative estimate of drug-likeness (QED) is 0.0171. The van der Waals surface area contributed by atoms with Gasteiger partial charge in [-0.25, -0.2) is 0 Å². The molecule has 0 atom stereocenters. The van der Waals surface area contributed by atoms with Gasteiger partial charge >= 0.3 is 466 Å². The fourth-order valence-corrected chi connectivity index (χ4v) is 55.1. The van der Waals surface area contributed by atoms with Crippen molar-refractivity contribution in [2.45, 2.75) is 249 Å². The number of carbonyl (C=O) groups excluding carboxylic acids is 8. The molecule has 0 fully saturated rings. The summed E-state index contributed by atoms with van der Waals surface area (Å²) >= 11 is -1.54. The van der Waals surface area contributed by atoms with E-state index in [2.05, 4.69) is 95.6 Å². The normalized spacial score (nSPS) is 14.6. The molecule has 22 heteroatoms. The van der Waals surface area contributed by atoms with E-state index in [-0.39, 0.29) is 70.9 Å². The first kappa shape index (κ1) is 93.3. The molecule has 118 heavy (non-hydrogen) atoms. The molecule has 0 spiro atoms. The Balaban J connectivity index is 0.000000171. The van der Waals surface area contributed by atoms with Crippen molar-refractivity contribution in [3.05, 3.63) is 128 Å². The molecule has 12 nitrogen and oxygen atoms in total. The van der Waals surface area contributed by atoms with Crippen LogP contribution in [-0.4, -0.2) is 195 Å². The second-order valence-corrected chi connectivity index (χ2v) is 65.9. The maximum absolute atomic E-state index is 14.4. The van der Waals surface area contributed by atoms with Gasteiger partial charge in [-0.3, -0.25) is 29.0 Å². The van der Waals surface area contributed by atoms with Gasteiger partial charge in [0.25, 0.3) is 23.6 Å². The van der Waals surface area contributed by atoms with Crippen LogP contribution in [0.1, 0.15) is 296 Å². The molecule has 0 N–H and O–H groups in total. The van der Waals surface area contributed by atoms with E-state index in [9.17, 15) is 38.4 Å². The molecular formula is C96H121B6BrN4O8Sn3. The summed E-state index contributed by atoms with van der Waals surface area (Å²) in [6.07, 6.45) is 20.8. The Morgan fingerprint density at radius 1 is 0.297 bits per heavy atom. The minimum Gasteiger partial charge on any atom is 0 e. The number of halogens is 1. The van der Waals surface area contributed by atoms with Gasteiger partial charge in [-0.15, -0.1) is 0 Å². The van der Waals surface area contributed by atoms with Crippen LogP contribution in [0.4, 0.5) is 0 Å². The van der Waals surface area contributed by atoms with Crippen LogP contribution in [0, 0.1) is 23.7 Å². The molecule has 0 saturated heterocycles. The van der Waals surface area contributed by atoms with Crippen LogP contribution in [0.2, 0.25) is 35.5 Å². The van der Waals surface area contributed by atoms with E-state index >= 15 is 0 Å². The molecule has 5 heterocycles.